The fourth-order valence-corrected chi connectivity index (χ4v) is 2.95. The van der Waals surface area contributed by atoms with Gasteiger partial charge in [0.1, 0.15) is 12.4 Å². The summed E-state index contributed by atoms with van der Waals surface area (Å²) >= 11 is 5.91. The summed E-state index contributed by atoms with van der Waals surface area (Å²) in [7, 11) is 0. The molecular formula is C20H24ClN3O3. The van der Waals surface area contributed by atoms with Gasteiger partial charge in [-0.2, -0.15) is 0 Å². The molecule has 1 heterocycles. The monoisotopic (exact) mass is 389 g/mol. The van der Waals surface area contributed by atoms with Crippen molar-refractivity contribution in [2.75, 3.05) is 39.5 Å². The molecule has 0 aromatic heterocycles. The molecule has 0 bridgehead atoms. The molecule has 2 N–H and O–H groups in total. The van der Waals surface area contributed by atoms with Crippen LogP contribution in [0.4, 0.5) is 0 Å². The molecule has 0 saturated carbocycles. The first kappa shape index (κ1) is 19.5. The van der Waals surface area contributed by atoms with Crippen LogP contribution < -0.4 is 10.5 Å². The summed E-state index contributed by atoms with van der Waals surface area (Å²) in [6, 6.07) is 15.2. The van der Waals surface area contributed by atoms with Crippen LogP contribution in [0.15, 0.2) is 53.7 Å². The zero-order valence-electron chi connectivity index (χ0n) is 15.1. The average Bonchev–Trinajstić information content (AvgIpc) is 2.69. The van der Waals surface area contributed by atoms with Crippen LogP contribution in [0, 0.1) is 0 Å². The molecule has 2 aromatic carbocycles. The number of oxime groups is 1. The van der Waals surface area contributed by atoms with Crippen LogP contribution >= 0.6 is 11.6 Å². The lowest BCUT2D eigenvalue weighted by molar-refractivity contribution is 0.0342. The van der Waals surface area contributed by atoms with Crippen molar-refractivity contribution in [1.82, 2.24) is 4.90 Å². The van der Waals surface area contributed by atoms with Gasteiger partial charge in [-0.25, -0.2) is 0 Å². The quantitative estimate of drug-likeness (QED) is 0.325. The lowest BCUT2D eigenvalue weighted by atomic mass is 10.1. The Balaban J connectivity index is 1.46. The summed E-state index contributed by atoms with van der Waals surface area (Å²) < 4.78 is 10.9. The number of amidine groups is 1. The molecule has 0 unspecified atom stereocenters. The van der Waals surface area contributed by atoms with Gasteiger partial charge in [-0.3, -0.25) is 4.90 Å². The SMILES string of the molecule is NC(=NOCCOc1cccc(Cl)c1)c1cccc(CN2CCOCC2)c1. The predicted octanol–water partition coefficient (Wildman–Crippen LogP) is 2.89. The zero-order chi connectivity index (χ0) is 18.9. The van der Waals surface area contributed by atoms with E-state index in [1.165, 1.54) is 5.56 Å². The second kappa shape index (κ2) is 10.2. The second-order valence-electron chi connectivity index (χ2n) is 6.20. The Kier molecular flexibility index (Phi) is 7.33. The highest BCUT2D eigenvalue weighted by molar-refractivity contribution is 6.30. The number of halogens is 1. The summed E-state index contributed by atoms with van der Waals surface area (Å²) in [6.45, 7) is 4.99. The smallest absolute Gasteiger partial charge is 0.170 e. The maximum Gasteiger partial charge on any atom is 0.170 e. The van der Waals surface area contributed by atoms with Gasteiger partial charge < -0.3 is 20.0 Å². The van der Waals surface area contributed by atoms with Crippen LogP contribution in [0.25, 0.3) is 0 Å². The first-order chi connectivity index (χ1) is 13.2. The summed E-state index contributed by atoms with van der Waals surface area (Å²) in [5, 5.41) is 4.62. The van der Waals surface area contributed by atoms with Crippen LogP contribution in [0.5, 0.6) is 5.75 Å². The molecule has 0 spiro atoms. The minimum absolute atomic E-state index is 0.292. The van der Waals surface area contributed by atoms with E-state index in [1.807, 2.05) is 30.3 Å². The third-order valence-corrected chi connectivity index (χ3v) is 4.37. The Labute approximate surface area is 164 Å². The molecule has 7 heteroatoms. The maximum atomic E-state index is 6.04. The lowest BCUT2D eigenvalue weighted by Gasteiger charge is -2.26. The van der Waals surface area contributed by atoms with E-state index in [-0.39, 0.29) is 0 Å². The molecule has 0 radical (unpaired) electrons. The van der Waals surface area contributed by atoms with Crippen molar-refractivity contribution < 1.29 is 14.3 Å². The van der Waals surface area contributed by atoms with Crippen LogP contribution in [0.2, 0.25) is 5.02 Å². The maximum absolute atomic E-state index is 6.04. The Bertz CT molecular complexity index is 764. The van der Waals surface area contributed by atoms with Gasteiger partial charge in [-0.15, -0.1) is 0 Å². The number of nitrogens with two attached hydrogens (primary N) is 1. The minimum Gasteiger partial charge on any atom is -0.490 e. The fraction of sp³-hybridized carbons (Fsp3) is 0.350. The summed E-state index contributed by atoms with van der Waals surface area (Å²) in [5.74, 6) is 1.04. The third-order valence-electron chi connectivity index (χ3n) is 4.13. The van der Waals surface area contributed by atoms with Gasteiger partial charge in [0.25, 0.3) is 0 Å². The number of hydrogen-bond donors (Lipinski definition) is 1. The zero-order valence-corrected chi connectivity index (χ0v) is 15.9. The van der Waals surface area contributed by atoms with Crippen LogP contribution in [-0.4, -0.2) is 50.3 Å². The van der Waals surface area contributed by atoms with Gasteiger partial charge in [-0.1, -0.05) is 41.0 Å². The topological polar surface area (TPSA) is 69.3 Å². The first-order valence-electron chi connectivity index (χ1n) is 8.94. The Hall–Kier alpha value is -2.28. The standard InChI is InChI=1S/C20H24ClN3O3/c21-18-5-2-6-19(14-18)26-11-12-27-23-20(22)17-4-1-3-16(13-17)15-24-7-9-25-10-8-24/h1-6,13-14H,7-12,15H2,(H2,22,23). The van der Waals surface area contributed by atoms with E-state index in [0.717, 1.165) is 38.4 Å². The molecule has 1 aliphatic heterocycles. The second-order valence-corrected chi connectivity index (χ2v) is 6.64. The number of ether oxygens (including phenoxy) is 2. The van der Waals surface area contributed by atoms with E-state index in [9.17, 15) is 0 Å². The predicted molar refractivity (Wildman–Crippen MR) is 106 cm³/mol. The lowest BCUT2D eigenvalue weighted by Crippen LogP contribution is -2.35. The van der Waals surface area contributed by atoms with E-state index in [0.29, 0.717) is 29.8 Å². The van der Waals surface area contributed by atoms with Gasteiger partial charge in [0.2, 0.25) is 0 Å². The largest absolute Gasteiger partial charge is 0.490 e. The normalized spacial score (nSPS) is 15.5. The van der Waals surface area contributed by atoms with Crippen molar-refractivity contribution in [3.8, 4) is 5.75 Å². The number of benzene rings is 2. The van der Waals surface area contributed by atoms with E-state index < -0.39 is 0 Å². The van der Waals surface area contributed by atoms with Crippen molar-refractivity contribution in [3.63, 3.8) is 0 Å². The number of nitrogens with zero attached hydrogens (tertiary/aromatic N) is 2. The van der Waals surface area contributed by atoms with E-state index in [2.05, 4.69) is 16.1 Å². The average molecular weight is 390 g/mol. The Morgan fingerprint density at radius 3 is 2.74 bits per heavy atom. The number of morpholine rings is 1. The van der Waals surface area contributed by atoms with Gasteiger partial charge in [-0.05, 0) is 29.8 Å². The van der Waals surface area contributed by atoms with E-state index >= 15 is 0 Å². The molecule has 144 valence electrons. The molecule has 6 nitrogen and oxygen atoms in total. The molecule has 2 aromatic rings. The molecule has 0 amide bonds. The highest BCUT2D eigenvalue weighted by Gasteiger charge is 2.11. The first-order valence-corrected chi connectivity index (χ1v) is 9.32. The molecular weight excluding hydrogens is 366 g/mol. The Morgan fingerprint density at radius 1 is 1.11 bits per heavy atom. The van der Waals surface area contributed by atoms with Gasteiger partial charge >= 0.3 is 0 Å². The Morgan fingerprint density at radius 2 is 1.93 bits per heavy atom. The van der Waals surface area contributed by atoms with Crippen LogP contribution in [0.3, 0.4) is 0 Å². The van der Waals surface area contributed by atoms with Crippen LogP contribution in [-0.2, 0) is 16.1 Å². The molecule has 1 aliphatic rings. The van der Waals surface area contributed by atoms with Gasteiger partial charge in [0.05, 0.1) is 13.2 Å². The van der Waals surface area contributed by atoms with Crippen LogP contribution in [0.1, 0.15) is 11.1 Å². The molecule has 3 rings (SSSR count). The number of rotatable bonds is 8. The molecule has 1 saturated heterocycles. The van der Waals surface area contributed by atoms with Crippen molar-refractivity contribution in [3.05, 3.63) is 64.7 Å². The minimum atomic E-state index is 0.292. The molecule has 0 atom stereocenters. The van der Waals surface area contributed by atoms with E-state index in [4.69, 9.17) is 31.6 Å². The van der Waals surface area contributed by atoms with Crippen molar-refractivity contribution in [2.24, 2.45) is 10.9 Å². The number of hydrogen-bond acceptors (Lipinski definition) is 5. The molecule has 1 fully saturated rings. The summed E-state index contributed by atoms with van der Waals surface area (Å²) in [4.78, 5) is 7.63. The fourth-order valence-electron chi connectivity index (χ4n) is 2.77. The summed E-state index contributed by atoms with van der Waals surface area (Å²) in [5.41, 5.74) is 8.08. The van der Waals surface area contributed by atoms with Crippen molar-refractivity contribution in [1.29, 1.82) is 0 Å². The van der Waals surface area contributed by atoms with Crippen molar-refractivity contribution in [2.45, 2.75) is 6.54 Å². The summed E-state index contributed by atoms with van der Waals surface area (Å²) in [6.07, 6.45) is 0. The van der Waals surface area contributed by atoms with Gasteiger partial charge in [0.15, 0.2) is 12.4 Å². The van der Waals surface area contributed by atoms with E-state index in [1.54, 1.807) is 12.1 Å². The highest BCUT2D eigenvalue weighted by Crippen LogP contribution is 2.16. The third kappa shape index (κ3) is 6.43. The highest BCUT2D eigenvalue weighted by atomic mass is 35.5. The molecule has 0 aliphatic carbocycles. The van der Waals surface area contributed by atoms with Gasteiger partial charge in [0, 0.05) is 30.2 Å². The molecule has 27 heavy (non-hydrogen) atoms. The van der Waals surface area contributed by atoms with Crippen molar-refractivity contribution >= 4 is 17.4 Å².